The molecule has 2 heterocycles. The van der Waals surface area contributed by atoms with E-state index in [1.807, 2.05) is 0 Å². The first kappa shape index (κ1) is 23.6. The lowest BCUT2D eigenvalue weighted by molar-refractivity contribution is 0.234. The van der Waals surface area contributed by atoms with E-state index in [4.69, 9.17) is 10.5 Å². The fourth-order valence-electron chi connectivity index (χ4n) is 4.49. The lowest BCUT2D eigenvalue weighted by Gasteiger charge is -2.38. The minimum atomic E-state index is -0.198. The van der Waals surface area contributed by atoms with Crippen LogP contribution in [0.5, 0.6) is 0 Å². The van der Waals surface area contributed by atoms with Crippen LogP contribution in [0.15, 0.2) is 86.7 Å². The molecule has 170 valence electrons. The van der Waals surface area contributed by atoms with Gasteiger partial charge in [0.15, 0.2) is 0 Å². The van der Waals surface area contributed by atoms with Gasteiger partial charge in [-0.1, -0.05) is 31.2 Å². The molecule has 0 aliphatic carbocycles. The molecule has 1 unspecified atom stereocenters. The predicted octanol–water partition coefficient (Wildman–Crippen LogP) is 6.00. The predicted molar refractivity (Wildman–Crippen MR) is 139 cm³/mol. The maximum Gasteiger partial charge on any atom is 0.205 e. The van der Waals surface area contributed by atoms with Crippen molar-refractivity contribution in [2.24, 2.45) is 5.73 Å². The summed E-state index contributed by atoms with van der Waals surface area (Å²) in [6, 6.07) is 19.3. The van der Waals surface area contributed by atoms with Gasteiger partial charge in [0.2, 0.25) is 5.88 Å². The molecule has 33 heavy (non-hydrogen) atoms. The van der Waals surface area contributed by atoms with Crippen LogP contribution in [0.4, 0.5) is 0 Å². The Morgan fingerprint density at radius 2 is 1.70 bits per heavy atom. The van der Waals surface area contributed by atoms with Gasteiger partial charge in [0.05, 0.1) is 5.92 Å². The molecular weight excluding hydrogens is 446 g/mol. The van der Waals surface area contributed by atoms with Gasteiger partial charge < -0.3 is 10.5 Å². The first-order chi connectivity index (χ1) is 16.1. The highest BCUT2D eigenvalue weighted by atomic mass is 32.2. The Morgan fingerprint density at radius 3 is 2.27 bits per heavy atom. The molecule has 2 aliphatic heterocycles. The highest BCUT2D eigenvalue weighted by Gasteiger charge is 2.37. The first-order valence-electron chi connectivity index (χ1n) is 11.1. The van der Waals surface area contributed by atoms with Crippen molar-refractivity contribution in [1.29, 1.82) is 5.26 Å². The third-order valence-electron chi connectivity index (χ3n) is 6.05. The zero-order chi connectivity index (χ0) is 23.4. The number of ether oxygens (including phenoxy) is 1. The van der Waals surface area contributed by atoms with Gasteiger partial charge in [-0.15, -0.1) is 23.5 Å². The third kappa shape index (κ3) is 5.01. The molecule has 0 amide bonds. The topological polar surface area (TPSA) is 62.3 Å². The summed E-state index contributed by atoms with van der Waals surface area (Å²) in [4.78, 5) is 4.87. The molecule has 0 bridgehead atoms. The summed E-state index contributed by atoms with van der Waals surface area (Å²) in [6.45, 7) is 4.74. The van der Waals surface area contributed by atoms with E-state index in [1.165, 1.54) is 9.79 Å². The lowest BCUT2D eigenvalue weighted by Crippen LogP contribution is -2.38. The Morgan fingerprint density at radius 1 is 1.06 bits per heavy atom. The summed E-state index contributed by atoms with van der Waals surface area (Å²) in [7, 11) is 0. The van der Waals surface area contributed by atoms with E-state index in [1.54, 1.807) is 23.5 Å². The minimum absolute atomic E-state index is 0.198. The monoisotopic (exact) mass is 475 g/mol. The Bertz CT molecular complexity index is 1140. The number of hydrogen-bond donors (Lipinski definition) is 1. The SMILES string of the molecule is CCCN1CC2=C(OC(N)=C(C#N)C2c2ccc(SC)cc2)/C(=C\c2ccc(SC)cc2)C1. The van der Waals surface area contributed by atoms with Gasteiger partial charge in [0, 0.05) is 28.5 Å². The Hall–Kier alpha value is -2.59. The number of nitriles is 1. The molecule has 6 heteroatoms. The van der Waals surface area contributed by atoms with Crippen LogP contribution in [-0.2, 0) is 4.74 Å². The van der Waals surface area contributed by atoms with E-state index in [9.17, 15) is 5.26 Å². The normalized spacial score (nSPS) is 19.9. The molecule has 2 aromatic rings. The van der Waals surface area contributed by atoms with Crippen molar-refractivity contribution in [3.8, 4) is 6.07 Å². The largest absolute Gasteiger partial charge is 0.440 e. The Balaban J connectivity index is 1.82. The van der Waals surface area contributed by atoms with E-state index in [-0.39, 0.29) is 11.8 Å². The van der Waals surface area contributed by atoms with Crippen molar-refractivity contribution in [3.05, 3.63) is 88.0 Å². The smallest absolute Gasteiger partial charge is 0.205 e. The highest BCUT2D eigenvalue weighted by Crippen LogP contribution is 2.44. The van der Waals surface area contributed by atoms with Gasteiger partial charge in [-0.25, -0.2) is 0 Å². The number of benzene rings is 2. The second kappa shape index (κ2) is 10.6. The van der Waals surface area contributed by atoms with Gasteiger partial charge in [-0.3, -0.25) is 4.90 Å². The van der Waals surface area contributed by atoms with Crippen LogP contribution in [-0.4, -0.2) is 37.0 Å². The molecule has 4 rings (SSSR count). The van der Waals surface area contributed by atoms with Crippen LogP contribution in [0.2, 0.25) is 0 Å². The number of hydrogen-bond acceptors (Lipinski definition) is 6. The van der Waals surface area contributed by atoms with Crippen molar-refractivity contribution in [1.82, 2.24) is 4.90 Å². The lowest BCUT2D eigenvalue weighted by atomic mass is 9.80. The van der Waals surface area contributed by atoms with Gasteiger partial charge in [0.1, 0.15) is 17.4 Å². The maximum atomic E-state index is 9.98. The van der Waals surface area contributed by atoms with Crippen molar-refractivity contribution in [2.45, 2.75) is 29.1 Å². The zero-order valence-electron chi connectivity index (χ0n) is 19.3. The molecule has 0 saturated heterocycles. The summed E-state index contributed by atoms with van der Waals surface area (Å²) in [5, 5.41) is 9.98. The average molecular weight is 476 g/mol. The molecule has 1 atom stereocenters. The summed E-state index contributed by atoms with van der Waals surface area (Å²) in [6.07, 6.45) is 7.41. The first-order valence-corrected chi connectivity index (χ1v) is 13.5. The summed E-state index contributed by atoms with van der Waals surface area (Å²) >= 11 is 3.44. The van der Waals surface area contributed by atoms with Crippen molar-refractivity contribution in [2.75, 3.05) is 32.1 Å². The Kier molecular flexibility index (Phi) is 7.54. The third-order valence-corrected chi connectivity index (χ3v) is 7.54. The second-order valence-electron chi connectivity index (χ2n) is 8.21. The standard InChI is InChI=1S/C27H29N3OS2/c1-4-13-30-16-20(14-18-5-9-21(32-2)10-6-18)26-24(17-30)25(23(15-28)27(29)31-26)19-7-11-22(33-3)12-8-19/h5-12,14,25H,4,13,16-17,29H2,1-3H3/b20-14-. The molecule has 0 saturated carbocycles. The molecule has 0 fully saturated rings. The van der Waals surface area contributed by atoms with Gasteiger partial charge in [-0.2, -0.15) is 5.26 Å². The molecular formula is C27H29N3OS2. The minimum Gasteiger partial charge on any atom is -0.440 e. The zero-order valence-corrected chi connectivity index (χ0v) is 20.9. The summed E-state index contributed by atoms with van der Waals surface area (Å²) < 4.78 is 6.16. The van der Waals surface area contributed by atoms with E-state index >= 15 is 0 Å². The fourth-order valence-corrected chi connectivity index (χ4v) is 5.31. The summed E-state index contributed by atoms with van der Waals surface area (Å²) in [5.41, 5.74) is 11.2. The number of rotatable bonds is 6. The van der Waals surface area contributed by atoms with Crippen LogP contribution >= 0.6 is 23.5 Å². The number of nitrogens with two attached hydrogens (primary N) is 1. The van der Waals surface area contributed by atoms with Crippen LogP contribution in [0, 0.1) is 11.3 Å². The molecule has 2 aromatic carbocycles. The van der Waals surface area contributed by atoms with Crippen molar-refractivity contribution in [3.63, 3.8) is 0 Å². The molecule has 2 aliphatic rings. The molecule has 2 N–H and O–H groups in total. The van der Waals surface area contributed by atoms with Crippen LogP contribution in [0.1, 0.15) is 30.4 Å². The van der Waals surface area contributed by atoms with Gasteiger partial charge >= 0.3 is 0 Å². The van der Waals surface area contributed by atoms with Gasteiger partial charge in [-0.05, 0) is 72.5 Å². The second-order valence-corrected chi connectivity index (χ2v) is 9.97. The quantitative estimate of drug-likeness (QED) is 0.517. The maximum absolute atomic E-state index is 9.98. The fraction of sp³-hybridized carbons (Fsp3) is 0.296. The molecule has 0 radical (unpaired) electrons. The number of thioether (sulfide) groups is 2. The summed E-state index contributed by atoms with van der Waals surface area (Å²) in [5.74, 6) is 0.839. The molecule has 4 nitrogen and oxygen atoms in total. The van der Waals surface area contributed by atoms with Crippen molar-refractivity contribution < 1.29 is 4.74 Å². The molecule has 0 spiro atoms. The van der Waals surface area contributed by atoms with Crippen LogP contribution in [0.25, 0.3) is 6.08 Å². The number of nitrogens with zero attached hydrogens (tertiary/aromatic N) is 2. The van der Waals surface area contributed by atoms with E-state index < -0.39 is 0 Å². The van der Waals surface area contributed by atoms with E-state index in [0.29, 0.717) is 5.57 Å². The number of allylic oxidation sites excluding steroid dienone is 1. The van der Waals surface area contributed by atoms with Crippen LogP contribution in [0.3, 0.4) is 0 Å². The van der Waals surface area contributed by atoms with Crippen molar-refractivity contribution >= 4 is 29.6 Å². The van der Waals surface area contributed by atoms with E-state index in [2.05, 4.69) is 85.0 Å². The molecule has 0 aromatic heterocycles. The highest BCUT2D eigenvalue weighted by molar-refractivity contribution is 7.98. The average Bonchev–Trinajstić information content (AvgIpc) is 2.84. The van der Waals surface area contributed by atoms with Crippen LogP contribution < -0.4 is 5.73 Å². The van der Waals surface area contributed by atoms with E-state index in [0.717, 1.165) is 54.1 Å². The Labute approximate surface area is 205 Å². The van der Waals surface area contributed by atoms with Gasteiger partial charge in [0.25, 0.3) is 0 Å².